The van der Waals surface area contributed by atoms with Crippen molar-refractivity contribution in [1.29, 1.82) is 0 Å². The van der Waals surface area contributed by atoms with Crippen LogP contribution in [0.1, 0.15) is 27.2 Å². The van der Waals surface area contributed by atoms with Crippen LogP contribution in [0.2, 0.25) is 0 Å². The van der Waals surface area contributed by atoms with Gasteiger partial charge in [-0.1, -0.05) is 47.2 Å². The standard InChI is InChI=1S/C19H15NOS.CHO2.Rb.Y/c1-14-7-9-15(10-8-14)18(21)12-11-17-13-20-19(22-17)16-5-3-2-4-6-16;2-1-3;;/h2-10H,1,11-12H2;(H,2,3);;/q-2;-1;+1;. The molecule has 3 rings (SSSR count). The molecule has 1 heterocycles. The summed E-state index contributed by atoms with van der Waals surface area (Å²) < 4.78 is 0. The molecule has 0 spiro atoms. The third kappa shape index (κ3) is 9.35. The molecular formula is C20H16NO3RbSY-2. The number of nitrogens with zero attached hydrogens (tertiary/aromatic N) is 1. The van der Waals surface area contributed by atoms with Crippen molar-refractivity contribution in [3.63, 3.8) is 0 Å². The second kappa shape index (κ2) is 14.9. The van der Waals surface area contributed by atoms with E-state index in [-0.39, 0.29) is 96.7 Å². The van der Waals surface area contributed by atoms with Crippen LogP contribution in [0.4, 0.5) is 0 Å². The zero-order chi connectivity index (χ0) is 18.1. The molecule has 27 heavy (non-hydrogen) atoms. The molecule has 0 saturated heterocycles. The van der Waals surface area contributed by atoms with E-state index in [9.17, 15) is 4.79 Å². The van der Waals surface area contributed by atoms with E-state index >= 15 is 0 Å². The molecule has 7 heteroatoms. The van der Waals surface area contributed by atoms with Crippen LogP contribution in [-0.4, -0.2) is 22.3 Å². The van der Waals surface area contributed by atoms with E-state index in [0.717, 1.165) is 26.6 Å². The van der Waals surface area contributed by atoms with E-state index in [1.165, 1.54) is 0 Å². The third-order valence-electron chi connectivity index (χ3n) is 3.38. The Morgan fingerprint density at radius 2 is 1.74 bits per heavy atom. The number of aliphatic hydroxyl groups excluding tert-OH is 1. The molecule has 0 atom stereocenters. The van der Waals surface area contributed by atoms with Crippen molar-refractivity contribution >= 4 is 23.6 Å². The first kappa shape index (κ1) is 27.0. The molecule has 1 aromatic heterocycles. The molecule has 0 aliphatic heterocycles. The Morgan fingerprint density at radius 1 is 1.15 bits per heavy atom. The van der Waals surface area contributed by atoms with Gasteiger partial charge in [0, 0.05) is 39.1 Å². The maximum Gasteiger partial charge on any atom is 1.00 e. The fourth-order valence-electron chi connectivity index (χ4n) is 2.15. The fourth-order valence-corrected chi connectivity index (χ4v) is 3.02. The molecular weight excluding hydrogens is 509 g/mol. The average Bonchev–Trinajstić information content (AvgIpc) is 3.11. The van der Waals surface area contributed by atoms with Crippen LogP contribution in [0.15, 0.2) is 54.6 Å². The van der Waals surface area contributed by atoms with Gasteiger partial charge >= 0.3 is 58.2 Å². The summed E-state index contributed by atoms with van der Waals surface area (Å²) in [6.07, 6.45) is 4.18. The van der Waals surface area contributed by atoms with Crippen LogP contribution < -0.4 is 58.2 Å². The maximum atomic E-state index is 12.2. The van der Waals surface area contributed by atoms with Crippen LogP contribution >= 0.6 is 11.3 Å². The van der Waals surface area contributed by atoms with E-state index in [0.29, 0.717) is 19.3 Å². The molecule has 1 radical (unpaired) electrons. The van der Waals surface area contributed by atoms with Crippen molar-refractivity contribution in [3.8, 4) is 10.6 Å². The van der Waals surface area contributed by atoms with E-state index < -0.39 is 0 Å². The van der Waals surface area contributed by atoms with E-state index in [1.54, 1.807) is 11.3 Å². The Bertz CT molecular complexity index is 823. The molecule has 131 valence electrons. The molecule has 3 aromatic rings. The number of hydrogen-bond acceptors (Lipinski definition) is 4. The van der Waals surface area contributed by atoms with Crippen molar-refractivity contribution in [2.24, 2.45) is 0 Å². The Kier molecular flexibility index (Phi) is 14.9. The van der Waals surface area contributed by atoms with Gasteiger partial charge in [0.05, 0.1) is 0 Å². The molecule has 0 amide bonds. The first-order valence-corrected chi connectivity index (χ1v) is 8.35. The minimum absolute atomic E-state index is 0. The molecule has 2 aromatic carbocycles. The third-order valence-corrected chi connectivity index (χ3v) is 4.44. The zero-order valence-corrected chi connectivity index (χ0v) is 23.6. The van der Waals surface area contributed by atoms with Crippen LogP contribution in [0.3, 0.4) is 0 Å². The van der Waals surface area contributed by atoms with Crippen molar-refractivity contribution in [1.82, 2.24) is 4.98 Å². The number of Topliss-reactive ketones (excluding diaryl/α,β-unsaturated/α-hetero) is 1. The van der Waals surface area contributed by atoms with Gasteiger partial charge in [-0.15, -0.1) is 18.3 Å². The van der Waals surface area contributed by atoms with Gasteiger partial charge < -0.3 is 14.9 Å². The number of carbonyl (C=O) groups is 1. The van der Waals surface area contributed by atoms with Crippen molar-refractivity contribution in [3.05, 3.63) is 83.7 Å². The predicted molar refractivity (Wildman–Crippen MR) is 98.3 cm³/mol. The number of hydrogen-bond donors (Lipinski definition) is 1. The van der Waals surface area contributed by atoms with Crippen LogP contribution in [0, 0.1) is 13.1 Å². The number of benzene rings is 2. The van der Waals surface area contributed by atoms with Crippen LogP contribution in [0.25, 0.3) is 10.6 Å². The molecule has 0 aliphatic carbocycles. The molecule has 0 aliphatic rings. The Labute approximate surface area is 237 Å². The van der Waals surface area contributed by atoms with E-state index in [1.807, 2.05) is 54.6 Å². The second-order valence-electron chi connectivity index (χ2n) is 5.13. The van der Waals surface area contributed by atoms with Gasteiger partial charge in [-0.2, -0.15) is 24.6 Å². The SMILES string of the molecule is O=[C-]O.[CH2-]c1ccc(C(=O)CCc2[c-]nc(-c3ccccc3)s2)cc1.[Rb+].[Y]. The minimum Gasteiger partial charge on any atom is -0.665 e. The van der Waals surface area contributed by atoms with E-state index in [4.69, 9.17) is 9.90 Å². The summed E-state index contributed by atoms with van der Waals surface area (Å²) in [4.78, 5) is 25.7. The monoisotopic (exact) mass is 524 g/mol. The summed E-state index contributed by atoms with van der Waals surface area (Å²) in [5.74, 6) is 0.142. The molecule has 1 N–H and O–H groups in total. The maximum absolute atomic E-state index is 12.2. The van der Waals surface area contributed by atoms with Gasteiger partial charge in [-0.25, -0.2) is 11.3 Å². The summed E-state index contributed by atoms with van der Waals surface area (Å²) >= 11 is 1.60. The largest absolute Gasteiger partial charge is 1.00 e. The number of thiazole rings is 1. The Balaban J connectivity index is 0.00000127. The smallest absolute Gasteiger partial charge is 0.665 e. The summed E-state index contributed by atoms with van der Waals surface area (Å²) in [5, 5.41) is 7.71. The Hall–Kier alpha value is -0.0109. The van der Waals surface area contributed by atoms with Crippen LogP contribution in [0.5, 0.6) is 0 Å². The first-order valence-electron chi connectivity index (χ1n) is 7.53. The molecule has 0 unspecified atom stereocenters. The Morgan fingerprint density at radius 3 is 2.33 bits per heavy atom. The van der Waals surface area contributed by atoms with Crippen molar-refractivity contribution < 1.29 is 106 Å². The quantitative estimate of drug-likeness (QED) is 0.403. The van der Waals surface area contributed by atoms with Crippen LogP contribution in [-0.2, 0) is 43.9 Å². The summed E-state index contributed by atoms with van der Waals surface area (Å²) in [6.45, 7) is 4.32. The van der Waals surface area contributed by atoms with Gasteiger partial charge in [0.2, 0.25) is 0 Å². The van der Waals surface area contributed by atoms with Gasteiger partial charge in [0.15, 0.2) is 5.78 Å². The molecule has 0 saturated carbocycles. The summed E-state index contributed by atoms with van der Waals surface area (Å²) in [7, 11) is 0. The van der Waals surface area contributed by atoms with Gasteiger partial charge in [-0.05, 0) is 17.0 Å². The zero-order valence-electron chi connectivity index (χ0n) is 15.0. The molecule has 4 nitrogen and oxygen atoms in total. The topological polar surface area (TPSA) is 67.3 Å². The number of aromatic nitrogens is 1. The number of ketones is 1. The average molecular weight is 525 g/mol. The number of carbonyl (C=O) groups excluding carboxylic acids is 1. The van der Waals surface area contributed by atoms with Gasteiger partial charge in [0.1, 0.15) is 0 Å². The number of aryl methyl sites for hydroxylation is 1. The fraction of sp³-hybridized carbons (Fsp3) is 0.100. The number of rotatable bonds is 5. The normalized spacial score (nSPS) is 9.04. The van der Waals surface area contributed by atoms with Crippen molar-refractivity contribution in [2.75, 3.05) is 0 Å². The molecule has 0 fully saturated rings. The second-order valence-corrected chi connectivity index (χ2v) is 6.22. The molecule has 0 bridgehead atoms. The minimum atomic E-state index is 0. The van der Waals surface area contributed by atoms with E-state index in [2.05, 4.69) is 18.1 Å². The first-order chi connectivity index (χ1) is 12.1. The summed E-state index contributed by atoms with van der Waals surface area (Å²) in [5.41, 5.74) is 2.74. The van der Waals surface area contributed by atoms with Gasteiger partial charge in [0.25, 0.3) is 0 Å². The van der Waals surface area contributed by atoms with Crippen molar-refractivity contribution in [2.45, 2.75) is 12.8 Å². The predicted octanol–water partition coefficient (Wildman–Crippen LogP) is 1.22. The summed E-state index contributed by atoms with van der Waals surface area (Å²) in [6, 6.07) is 17.4. The van der Waals surface area contributed by atoms with Gasteiger partial charge in [-0.3, -0.25) is 4.79 Å².